The number of aromatic nitrogens is 2. The highest BCUT2D eigenvalue weighted by atomic mass is 19.1. The number of hydrogen-bond donors (Lipinski definition) is 4. The van der Waals surface area contributed by atoms with E-state index >= 15 is 0 Å². The molecular formula is C9H12FN3O5. The molecule has 0 aliphatic carbocycles. The second-order valence-corrected chi connectivity index (χ2v) is 3.80. The lowest BCUT2D eigenvalue weighted by molar-refractivity contribution is -0.0491. The maximum Gasteiger partial charge on any atom is 0.351 e. The van der Waals surface area contributed by atoms with E-state index in [1.807, 2.05) is 0 Å². The van der Waals surface area contributed by atoms with Crippen LogP contribution in [0.5, 0.6) is 0 Å². The number of aliphatic hydroxyl groups is 2. The third-order valence-electron chi connectivity index (χ3n) is 2.69. The van der Waals surface area contributed by atoms with Crippen LogP contribution in [0.2, 0.25) is 0 Å². The zero-order valence-corrected chi connectivity index (χ0v) is 9.10. The van der Waals surface area contributed by atoms with Gasteiger partial charge in [-0.15, -0.1) is 0 Å². The summed E-state index contributed by atoms with van der Waals surface area (Å²) >= 11 is 0. The highest BCUT2D eigenvalue weighted by Crippen LogP contribution is 2.30. The Hall–Kier alpha value is -1.55. The van der Waals surface area contributed by atoms with E-state index in [0.29, 0.717) is 0 Å². The van der Waals surface area contributed by atoms with E-state index in [4.69, 9.17) is 15.1 Å². The van der Waals surface area contributed by atoms with Crippen LogP contribution in [0.15, 0.2) is 17.1 Å². The Bertz CT molecular complexity index is 482. The lowest BCUT2D eigenvalue weighted by Crippen LogP contribution is -2.33. The molecule has 0 spiro atoms. The summed E-state index contributed by atoms with van der Waals surface area (Å²) in [4.78, 5) is 14.9. The number of anilines is 1. The topological polar surface area (TPSA) is 117 Å². The van der Waals surface area contributed by atoms with Crippen molar-refractivity contribution in [2.24, 2.45) is 0 Å². The molecule has 0 amide bonds. The summed E-state index contributed by atoms with van der Waals surface area (Å²) in [5, 5.41) is 26.9. The average molecular weight is 261 g/mol. The Morgan fingerprint density at radius 1 is 1.61 bits per heavy atom. The number of aliphatic hydroxyl groups excluding tert-OH is 2. The normalized spacial score (nSPS) is 31.6. The molecule has 100 valence electrons. The van der Waals surface area contributed by atoms with Crippen LogP contribution in [-0.4, -0.2) is 50.0 Å². The lowest BCUT2D eigenvalue weighted by atomic mass is 10.1. The van der Waals surface area contributed by atoms with E-state index in [2.05, 4.69) is 4.98 Å². The fraction of sp³-hybridized carbons (Fsp3) is 0.556. The number of nitrogens with zero attached hydrogens (tertiary/aromatic N) is 2. The van der Waals surface area contributed by atoms with E-state index in [1.165, 1.54) is 6.07 Å². The lowest BCUT2D eigenvalue weighted by Gasteiger charge is -2.15. The minimum Gasteiger partial charge on any atom is -0.394 e. The van der Waals surface area contributed by atoms with Crippen molar-refractivity contribution in [3.63, 3.8) is 0 Å². The number of ether oxygens (including phenoxy) is 1. The first kappa shape index (κ1) is 12.9. The van der Waals surface area contributed by atoms with Crippen LogP contribution in [0.25, 0.3) is 0 Å². The molecule has 8 nitrogen and oxygen atoms in total. The van der Waals surface area contributed by atoms with Crippen LogP contribution in [0.1, 0.15) is 6.23 Å². The minimum atomic E-state index is -1.85. The number of nitrogens with one attached hydrogen (secondary N) is 1. The van der Waals surface area contributed by atoms with Crippen molar-refractivity contribution >= 4 is 5.82 Å². The maximum absolute atomic E-state index is 13.7. The summed E-state index contributed by atoms with van der Waals surface area (Å²) in [7, 11) is 0. The zero-order chi connectivity index (χ0) is 13.3. The fourth-order valence-electron chi connectivity index (χ4n) is 1.75. The molecule has 2 rings (SSSR count). The van der Waals surface area contributed by atoms with Gasteiger partial charge in [0.2, 0.25) is 0 Å². The van der Waals surface area contributed by atoms with Crippen molar-refractivity contribution in [3.8, 4) is 0 Å². The fourth-order valence-corrected chi connectivity index (χ4v) is 1.75. The van der Waals surface area contributed by atoms with Gasteiger partial charge in [-0.3, -0.25) is 15.3 Å². The molecular weight excluding hydrogens is 249 g/mol. The van der Waals surface area contributed by atoms with Gasteiger partial charge in [-0.1, -0.05) is 0 Å². The first-order valence-electron chi connectivity index (χ1n) is 5.16. The molecule has 0 bridgehead atoms. The molecule has 9 heteroatoms. The van der Waals surface area contributed by atoms with Crippen molar-refractivity contribution in [2.45, 2.75) is 24.6 Å². The van der Waals surface area contributed by atoms with Gasteiger partial charge in [0.05, 0.1) is 6.61 Å². The van der Waals surface area contributed by atoms with E-state index in [0.717, 1.165) is 10.8 Å². The third-order valence-corrected chi connectivity index (χ3v) is 2.69. The molecule has 2 heterocycles. The van der Waals surface area contributed by atoms with Crippen LogP contribution in [0, 0.1) is 0 Å². The van der Waals surface area contributed by atoms with Gasteiger partial charge in [0.1, 0.15) is 12.2 Å². The minimum absolute atomic E-state index is 0.0936. The van der Waals surface area contributed by atoms with Gasteiger partial charge >= 0.3 is 5.69 Å². The van der Waals surface area contributed by atoms with Crippen molar-refractivity contribution < 1.29 is 24.5 Å². The van der Waals surface area contributed by atoms with E-state index < -0.39 is 36.9 Å². The molecule has 1 saturated heterocycles. The van der Waals surface area contributed by atoms with Crippen LogP contribution in [0.3, 0.4) is 0 Å². The number of hydrogen-bond acceptors (Lipinski definition) is 7. The summed E-state index contributed by atoms with van der Waals surface area (Å²) in [6.45, 7) is -0.559. The zero-order valence-electron chi connectivity index (χ0n) is 9.10. The van der Waals surface area contributed by atoms with Gasteiger partial charge < -0.3 is 14.9 Å². The Balaban J connectivity index is 2.30. The predicted molar refractivity (Wildman–Crippen MR) is 55.8 cm³/mol. The van der Waals surface area contributed by atoms with Crippen LogP contribution < -0.4 is 11.2 Å². The van der Waals surface area contributed by atoms with Crippen molar-refractivity contribution in [3.05, 3.63) is 22.7 Å². The maximum atomic E-state index is 13.7. The van der Waals surface area contributed by atoms with Gasteiger partial charge in [0.25, 0.3) is 0 Å². The first-order chi connectivity index (χ1) is 8.58. The highest BCUT2D eigenvalue weighted by molar-refractivity contribution is 5.28. The quantitative estimate of drug-likeness (QED) is 0.496. The average Bonchev–Trinajstić information content (AvgIpc) is 2.66. The van der Waals surface area contributed by atoms with E-state index in [9.17, 15) is 14.3 Å². The highest BCUT2D eigenvalue weighted by Gasteiger charge is 2.45. The Morgan fingerprint density at radius 3 is 2.83 bits per heavy atom. The SMILES string of the molecule is O=c1nc(NO)ccn1[C@H]1O[C@@H](CO)[C@H](O)[C@@H]1F. The summed E-state index contributed by atoms with van der Waals surface area (Å²) in [6.07, 6.45) is -4.65. The summed E-state index contributed by atoms with van der Waals surface area (Å²) in [5.74, 6) is -0.0936. The molecule has 1 aliphatic heterocycles. The van der Waals surface area contributed by atoms with Crippen molar-refractivity contribution in [2.75, 3.05) is 12.1 Å². The third kappa shape index (κ3) is 2.08. The van der Waals surface area contributed by atoms with Gasteiger partial charge in [-0.05, 0) is 6.07 Å². The van der Waals surface area contributed by atoms with Gasteiger partial charge in [-0.2, -0.15) is 4.98 Å². The molecule has 1 aromatic rings. The van der Waals surface area contributed by atoms with Crippen molar-refractivity contribution in [1.29, 1.82) is 0 Å². The van der Waals surface area contributed by atoms with E-state index in [-0.39, 0.29) is 5.82 Å². The van der Waals surface area contributed by atoms with Gasteiger partial charge in [0.15, 0.2) is 18.2 Å². The predicted octanol–water partition coefficient (Wildman–Crippen LogP) is -1.37. The number of alkyl halides is 1. The molecule has 18 heavy (non-hydrogen) atoms. The summed E-state index contributed by atoms with van der Waals surface area (Å²) in [6, 6.07) is 1.23. The molecule has 1 fully saturated rings. The monoisotopic (exact) mass is 261 g/mol. The van der Waals surface area contributed by atoms with Crippen molar-refractivity contribution in [1.82, 2.24) is 9.55 Å². The van der Waals surface area contributed by atoms with Crippen LogP contribution >= 0.6 is 0 Å². The number of halogens is 1. The van der Waals surface area contributed by atoms with Crippen LogP contribution in [0.4, 0.5) is 10.2 Å². The molecule has 4 atom stereocenters. The molecule has 0 aromatic carbocycles. The molecule has 1 aromatic heterocycles. The molecule has 4 N–H and O–H groups in total. The second kappa shape index (κ2) is 4.98. The summed E-state index contributed by atoms with van der Waals surface area (Å²) in [5.41, 5.74) is 0.823. The molecule has 1 aliphatic rings. The molecule has 0 unspecified atom stereocenters. The Labute approximate surface area is 100 Å². The second-order valence-electron chi connectivity index (χ2n) is 3.80. The standard InChI is InChI=1S/C9H12FN3O5/c10-6-7(15)4(3-14)18-8(6)13-2-1-5(12-17)11-9(13)16/h1-2,4,6-8,14-15,17H,3H2,(H,11,12,16)/t4-,6-,7-,8-/m0/s1. The van der Waals surface area contributed by atoms with Gasteiger partial charge in [-0.25, -0.2) is 9.18 Å². The van der Waals surface area contributed by atoms with E-state index in [1.54, 1.807) is 5.48 Å². The molecule has 0 radical (unpaired) electrons. The first-order valence-corrected chi connectivity index (χ1v) is 5.16. The Kier molecular flexibility index (Phi) is 3.57. The molecule has 0 saturated carbocycles. The summed E-state index contributed by atoms with van der Waals surface area (Å²) < 4.78 is 19.6. The Morgan fingerprint density at radius 2 is 2.33 bits per heavy atom. The smallest absolute Gasteiger partial charge is 0.351 e. The number of rotatable bonds is 3. The van der Waals surface area contributed by atoms with Gasteiger partial charge in [0, 0.05) is 6.20 Å². The largest absolute Gasteiger partial charge is 0.394 e. The van der Waals surface area contributed by atoms with Crippen LogP contribution in [-0.2, 0) is 4.74 Å².